The van der Waals surface area contributed by atoms with Gasteiger partial charge in [-0.3, -0.25) is 18.4 Å². The molecule has 0 spiro atoms. The van der Waals surface area contributed by atoms with Crippen LogP contribution in [0.3, 0.4) is 0 Å². The Labute approximate surface area is 280 Å². The molecule has 0 aliphatic heterocycles. The van der Waals surface area contributed by atoms with E-state index in [1.54, 1.807) is 20.9 Å². The fourth-order valence-corrected chi connectivity index (χ4v) is 7.58. The van der Waals surface area contributed by atoms with Crippen molar-refractivity contribution in [2.45, 2.75) is 0 Å². The highest BCUT2D eigenvalue weighted by molar-refractivity contribution is 6.42. The molecule has 0 amide bonds. The predicted octanol–water partition coefficient (Wildman–Crippen LogP) is 9.64. The lowest BCUT2D eigenvalue weighted by Crippen LogP contribution is -2.13. The highest BCUT2D eigenvalue weighted by Crippen LogP contribution is 2.33. The van der Waals surface area contributed by atoms with Gasteiger partial charge in [-0.15, -0.1) is 0 Å². The third-order valence-corrected chi connectivity index (χ3v) is 10.1. The summed E-state index contributed by atoms with van der Waals surface area (Å²) in [5, 5.41) is 10.5. The van der Waals surface area contributed by atoms with Gasteiger partial charge < -0.3 is 0 Å². The first-order valence-electron chi connectivity index (χ1n) is 15.4. The first-order chi connectivity index (χ1) is 23.5. The Morgan fingerprint density at radius 2 is 0.854 bits per heavy atom. The van der Waals surface area contributed by atoms with E-state index >= 15 is 0 Å². The Bertz CT molecular complexity index is 3250. The zero-order valence-corrected chi connectivity index (χ0v) is 26.4. The van der Waals surface area contributed by atoms with Crippen molar-refractivity contribution < 1.29 is 0 Å². The summed E-state index contributed by atoms with van der Waals surface area (Å²) in [7, 11) is 0. The molecule has 226 valence electrons. The molecule has 0 bridgehead atoms. The number of imidazole rings is 2. The average Bonchev–Trinajstić information content (AvgIpc) is 3.67. The highest BCUT2D eigenvalue weighted by Gasteiger charge is 2.18. The minimum atomic E-state index is -0.0924. The molecule has 4 aromatic heterocycles. The van der Waals surface area contributed by atoms with Gasteiger partial charge in [0.25, 0.3) is 11.1 Å². The minimum absolute atomic E-state index is 0.00270. The summed E-state index contributed by atoms with van der Waals surface area (Å²) < 4.78 is 3.38. The van der Waals surface area contributed by atoms with E-state index in [2.05, 4.69) is 35.3 Å². The molecule has 0 N–H and O–H groups in total. The van der Waals surface area contributed by atoms with Gasteiger partial charge in [0.2, 0.25) is 0 Å². The van der Waals surface area contributed by atoms with Crippen molar-refractivity contribution in [2.75, 3.05) is 0 Å². The van der Waals surface area contributed by atoms with Crippen LogP contribution in [0.25, 0.3) is 87.2 Å². The smallest absolute Gasteiger partial charge is 0.264 e. The molecule has 4 heterocycles. The summed E-state index contributed by atoms with van der Waals surface area (Å²) in [5.74, 6) is 0. The molecular weight excluding hydrogens is 639 g/mol. The number of fused-ring (bicyclic) bond motifs is 9. The van der Waals surface area contributed by atoms with Crippen molar-refractivity contribution in [1.29, 1.82) is 0 Å². The summed E-state index contributed by atoms with van der Waals surface area (Å²) in [6, 6.07) is 39.4. The first kappa shape index (κ1) is 27.3. The van der Waals surface area contributed by atoms with Crippen molar-refractivity contribution in [2.24, 2.45) is 0 Å². The van der Waals surface area contributed by atoms with E-state index in [4.69, 9.17) is 28.2 Å². The Morgan fingerprint density at radius 1 is 0.438 bits per heavy atom. The summed E-state index contributed by atoms with van der Waals surface area (Å²) in [4.78, 5) is 35.7. The van der Waals surface area contributed by atoms with Crippen molar-refractivity contribution in [3.8, 4) is 0 Å². The number of rotatable bonds is 0. The number of hydrogen-bond donors (Lipinski definition) is 0. The van der Waals surface area contributed by atoms with Crippen molar-refractivity contribution in [3.05, 3.63) is 152 Å². The zero-order chi connectivity index (χ0) is 32.3. The largest absolute Gasteiger partial charge is 0.268 e. The van der Waals surface area contributed by atoms with E-state index in [-0.39, 0.29) is 11.1 Å². The van der Waals surface area contributed by atoms with Crippen molar-refractivity contribution >= 4 is 110 Å². The van der Waals surface area contributed by atoms with Gasteiger partial charge in [0.05, 0.1) is 32.1 Å². The predicted molar refractivity (Wildman–Crippen MR) is 198 cm³/mol. The Morgan fingerprint density at radius 3 is 1.40 bits per heavy atom. The quantitative estimate of drug-likeness (QED) is 0.163. The highest BCUT2D eigenvalue weighted by atomic mass is 35.5. The lowest BCUT2D eigenvalue weighted by molar-refractivity contribution is 1.19. The third-order valence-electron chi connectivity index (χ3n) is 9.38. The van der Waals surface area contributed by atoms with Crippen LogP contribution in [0.15, 0.2) is 131 Å². The van der Waals surface area contributed by atoms with Crippen LogP contribution >= 0.6 is 23.2 Å². The molecule has 11 aromatic rings. The SMILES string of the molecule is O=c1c2cccc3cccc(c32)c2nc3cc(Cl)c(Cl)cc3n12.O=c1c2cccc3cccc(c32)c2nc3cc4ccccc4cc3n12. The lowest BCUT2D eigenvalue weighted by Gasteiger charge is -2.06. The van der Waals surface area contributed by atoms with E-state index in [0.29, 0.717) is 32.1 Å². The molecule has 0 unspecified atom stereocenters. The normalized spacial score (nSPS) is 12.1. The van der Waals surface area contributed by atoms with Crippen LogP contribution in [0, 0.1) is 0 Å². The molecule has 8 heteroatoms. The second-order valence-corrected chi connectivity index (χ2v) is 12.8. The molecule has 7 aromatic carbocycles. The molecule has 0 aliphatic rings. The number of pyridine rings is 2. The number of halogens is 2. The Hall–Kier alpha value is -5.82. The third kappa shape index (κ3) is 3.70. The molecule has 48 heavy (non-hydrogen) atoms. The summed E-state index contributed by atoms with van der Waals surface area (Å²) in [6.45, 7) is 0. The van der Waals surface area contributed by atoms with E-state index < -0.39 is 0 Å². The van der Waals surface area contributed by atoms with Gasteiger partial charge in [0, 0.05) is 32.3 Å². The van der Waals surface area contributed by atoms with E-state index in [1.165, 1.54) is 0 Å². The number of benzene rings is 7. The Balaban J connectivity index is 0.000000124. The molecule has 11 rings (SSSR count). The maximum atomic E-state index is 13.2. The number of aromatic nitrogens is 4. The number of nitrogens with zero attached hydrogens (tertiary/aromatic N) is 4. The topological polar surface area (TPSA) is 68.7 Å². The van der Waals surface area contributed by atoms with Crippen LogP contribution < -0.4 is 11.1 Å². The van der Waals surface area contributed by atoms with Crippen LogP contribution in [-0.2, 0) is 0 Å². The van der Waals surface area contributed by atoms with E-state index in [1.807, 2.05) is 78.9 Å². The zero-order valence-electron chi connectivity index (χ0n) is 24.9. The van der Waals surface area contributed by atoms with Gasteiger partial charge in [0.15, 0.2) is 0 Å². The van der Waals surface area contributed by atoms with E-state index in [0.717, 1.165) is 65.2 Å². The number of hydrogen-bond acceptors (Lipinski definition) is 4. The van der Waals surface area contributed by atoms with Crippen LogP contribution in [0.4, 0.5) is 0 Å². The average molecular weight is 660 g/mol. The van der Waals surface area contributed by atoms with Gasteiger partial charge in [-0.2, -0.15) is 0 Å². The van der Waals surface area contributed by atoms with E-state index in [9.17, 15) is 9.59 Å². The van der Waals surface area contributed by atoms with Crippen molar-refractivity contribution in [1.82, 2.24) is 18.8 Å². The molecule has 0 atom stereocenters. The fourth-order valence-electron chi connectivity index (χ4n) is 7.26. The molecular formula is C40H20Cl2N4O2. The summed E-state index contributed by atoms with van der Waals surface area (Å²) in [6.07, 6.45) is 0. The molecule has 0 saturated heterocycles. The monoisotopic (exact) mass is 658 g/mol. The van der Waals surface area contributed by atoms with Crippen molar-refractivity contribution in [3.63, 3.8) is 0 Å². The molecule has 0 radical (unpaired) electrons. The lowest BCUT2D eigenvalue weighted by atomic mass is 10.0. The maximum absolute atomic E-state index is 13.2. The minimum Gasteiger partial charge on any atom is -0.268 e. The van der Waals surface area contributed by atoms with Crippen LogP contribution in [0.5, 0.6) is 0 Å². The first-order valence-corrected chi connectivity index (χ1v) is 16.1. The maximum Gasteiger partial charge on any atom is 0.264 e. The summed E-state index contributed by atoms with van der Waals surface area (Å²) in [5.41, 5.74) is 4.32. The van der Waals surface area contributed by atoms with Gasteiger partial charge in [-0.25, -0.2) is 9.97 Å². The Kier molecular flexibility index (Phi) is 5.60. The molecule has 0 saturated carbocycles. The van der Waals surface area contributed by atoms with Crippen LogP contribution in [-0.4, -0.2) is 18.8 Å². The second-order valence-electron chi connectivity index (χ2n) is 12.0. The molecule has 6 nitrogen and oxygen atoms in total. The standard InChI is InChI=1S/C22H12N2O.C18H8Cl2N2O/c25-22-17-10-4-8-13-7-3-9-16(20(13)17)21-23-18-11-14-5-1-2-6-15(14)12-19(18)24(21)22;19-12-7-14-15(8-13(12)20)22-17(21-14)10-5-1-3-9-4-2-6-11(16(9)10)18(22)23/h1-12H;1-8H. The van der Waals surface area contributed by atoms with Gasteiger partial charge in [0.1, 0.15) is 11.3 Å². The van der Waals surface area contributed by atoms with Crippen LogP contribution in [0.1, 0.15) is 0 Å². The second kappa shape index (κ2) is 9.84. The summed E-state index contributed by atoms with van der Waals surface area (Å²) >= 11 is 12.2. The van der Waals surface area contributed by atoms with Gasteiger partial charge >= 0.3 is 0 Å². The van der Waals surface area contributed by atoms with Gasteiger partial charge in [-0.1, -0.05) is 108 Å². The fraction of sp³-hybridized carbons (Fsp3) is 0. The van der Waals surface area contributed by atoms with Crippen LogP contribution in [0.2, 0.25) is 10.0 Å². The molecule has 0 aliphatic carbocycles. The molecule has 0 fully saturated rings. The van der Waals surface area contributed by atoms with Gasteiger partial charge in [-0.05, 0) is 57.9 Å².